The highest BCUT2D eigenvalue weighted by Crippen LogP contribution is 2.39. The van der Waals surface area contributed by atoms with Gasteiger partial charge in [-0.2, -0.15) is 5.10 Å². The first-order valence-corrected chi connectivity index (χ1v) is 11.9. The second-order valence-corrected chi connectivity index (χ2v) is 9.17. The lowest BCUT2D eigenvalue weighted by Gasteiger charge is -2.37. The SMILES string of the molecule is CCn1cc(C(=O)NC[C@]2(c3ccccc3)CC[C@@H](O)[C@H](N3CCOCC3)CC2)c(C)n1. The number of carbonyl (C=O) groups is 1. The molecule has 7 nitrogen and oxygen atoms in total. The van der Waals surface area contributed by atoms with Crippen molar-refractivity contribution in [1.29, 1.82) is 0 Å². The summed E-state index contributed by atoms with van der Waals surface area (Å²) in [5, 5.41) is 18.7. The molecule has 1 saturated carbocycles. The zero-order valence-corrected chi connectivity index (χ0v) is 19.3. The summed E-state index contributed by atoms with van der Waals surface area (Å²) in [6.07, 6.45) is 4.85. The molecule has 0 radical (unpaired) electrons. The van der Waals surface area contributed by atoms with E-state index in [1.165, 1.54) is 5.56 Å². The molecule has 1 saturated heterocycles. The summed E-state index contributed by atoms with van der Waals surface area (Å²) >= 11 is 0. The van der Waals surface area contributed by atoms with Crippen molar-refractivity contribution in [2.75, 3.05) is 32.8 Å². The molecule has 1 aliphatic heterocycles. The van der Waals surface area contributed by atoms with E-state index in [-0.39, 0.29) is 23.5 Å². The fraction of sp³-hybridized carbons (Fsp3) is 0.600. The molecule has 32 heavy (non-hydrogen) atoms. The van der Waals surface area contributed by atoms with Crippen LogP contribution in [0, 0.1) is 6.92 Å². The van der Waals surface area contributed by atoms with Gasteiger partial charge in [0.05, 0.1) is 30.6 Å². The molecular weight excluding hydrogens is 404 g/mol. The Balaban J connectivity index is 1.53. The summed E-state index contributed by atoms with van der Waals surface area (Å²) in [7, 11) is 0. The maximum Gasteiger partial charge on any atom is 0.254 e. The Hall–Kier alpha value is -2.22. The number of morpholine rings is 1. The Kier molecular flexibility index (Phi) is 7.28. The molecule has 4 rings (SSSR count). The number of nitrogens with zero attached hydrogens (tertiary/aromatic N) is 3. The molecule has 1 aromatic heterocycles. The van der Waals surface area contributed by atoms with Gasteiger partial charge in [-0.1, -0.05) is 30.3 Å². The molecule has 2 fully saturated rings. The highest BCUT2D eigenvalue weighted by molar-refractivity contribution is 5.95. The minimum Gasteiger partial charge on any atom is -0.391 e. The van der Waals surface area contributed by atoms with E-state index in [9.17, 15) is 9.90 Å². The van der Waals surface area contributed by atoms with E-state index in [0.29, 0.717) is 12.1 Å². The quantitative estimate of drug-likeness (QED) is 0.675. The molecule has 3 atom stereocenters. The number of carbonyl (C=O) groups excluding carboxylic acids is 1. The van der Waals surface area contributed by atoms with Crippen LogP contribution in [0.1, 0.15) is 54.2 Å². The fourth-order valence-corrected chi connectivity index (χ4v) is 5.30. The maximum atomic E-state index is 13.0. The third-order valence-electron chi connectivity index (χ3n) is 7.28. The molecule has 174 valence electrons. The van der Waals surface area contributed by atoms with E-state index in [1.54, 1.807) is 4.68 Å². The van der Waals surface area contributed by atoms with Gasteiger partial charge in [-0.05, 0) is 45.1 Å². The van der Waals surface area contributed by atoms with Crippen LogP contribution >= 0.6 is 0 Å². The molecule has 0 bridgehead atoms. The first-order chi connectivity index (χ1) is 15.5. The Morgan fingerprint density at radius 3 is 2.62 bits per heavy atom. The van der Waals surface area contributed by atoms with Gasteiger partial charge >= 0.3 is 0 Å². The Morgan fingerprint density at radius 2 is 1.94 bits per heavy atom. The molecule has 1 aliphatic carbocycles. The van der Waals surface area contributed by atoms with Gasteiger partial charge < -0.3 is 15.2 Å². The van der Waals surface area contributed by atoms with Crippen LogP contribution in [-0.4, -0.2) is 70.7 Å². The second kappa shape index (κ2) is 10.1. The summed E-state index contributed by atoms with van der Waals surface area (Å²) in [6.45, 7) is 8.39. The van der Waals surface area contributed by atoms with Crippen LogP contribution < -0.4 is 5.32 Å². The number of aliphatic hydroxyl groups excluding tert-OH is 1. The molecule has 2 aliphatic rings. The minimum atomic E-state index is -0.362. The summed E-state index contributed by atoms with van der Waals surface area (Å²) in [6, 6.07) is 10.6. The Bertz CT molecular complexity index is 894. The number of amides is 1. The smallest absolute Gasteiger partial charge is 0.254 e. The van der Waals surface area contributed by atoms with E-state index < -0.39 is 0 Å². The lowest BCUT2D eigenvalue weighted by molar-refractivity contribution is -0.0236. The van der Waals surface area contributed by atoms with E-state index >= 15 is 0 Å². The number of ether oxygens (including phenoxy) is 1. The molecule has 2 N–H and O–H groups in total. The number of aromatic nitrogens is 2. The Labute approximate surface area is 190 Å². The molecule has 2 aromatic rings. The number of rotatable bonds is 6. The zero-order valence-electron chi connectivity index (χ0n) is 19.3. The number of benzene rings is 1. The van der Waals surface area contributed by atoms with Crippen LogP contribution in [-0.2, 0) is 16.7 Å². The van der Waals surface area contributed by atoms with Gasteiger partial charge in [0.1, 0.15) is 0 Å². The van der Waals surface area contributed by atoms with Crippen LogP contribution in [0.5, 0.6) is 0 Å². The molecule has 0 unspecified atom stereocenters. The normalized spacial score (nSPS) is 27.1. The maximum absolute atomic E-state index is 13.0. The predicted molar refractivity (Wildman–Crippen MR) is 124 cm³/mol. The van der Waals surface area contributed by atoms with Gasteiger partial charge in [-0.3, -0.25) is 14.4 Å². The molecule has 1 aromatic carbocycles. The lowest BCUT2D eigenvalue weighted by Crippen LogP contribution is -2.48. The largest absolute Gasteiger partial charge is 0.391 e. The number of aliphatic hydroxyl groups is 1. The fourth-order valence-electron chi connectivity index (χ4n) is 5.30. The zero-order chi connectivity index (χ0) is 22.6. The average Bonchev–Trinajstić information content (AvgIpc) is 3.13. The number of hydrogen-bond donors (Lipinski definition) is 2. The molecular formula is C25H36N4O3. The van der Waals surface area contributed by atoms with Gasteiger partial charge in [0.15, 0.2) is 0 Å². The van der Waals surface area contributed by atoms with Crippen molar-refractivity contribution in [1.82, 2.24) is 20.0 Å². The van der Waals surface area contributed by atoms with Crippen LogP contribution in [0.15, 0.2) is 36.5 Å². The van der Waals surface area contributed by atoms with Gasteiger partial charge in [-0.25, -0.2) is 0 Å². The highest BCUT2D eigenvalue weighted by Gasteiger charge is 2.40. The average molecular weight is 441 g/mol. The van der Waals surface area contributed by atoms with E-state index in [2.05, 4.69) is 39.6 Å². The van der Waals surface area contributed by atoms with Gasteiger partial charge in [0, 0.05) is 43.8 Å². The van der Waals surface area contributed by atoms with Crippen molar-refractivity contribution in [2.45, 2.75) is 63.6 Å². The molecule has 0 spiro atoms. The minimum absolute atomic E-state index is 0.0768. The summed E-state index contributed by atoms with van der Waals surface area (Å²) < 4.78 is 7.31. The summed E-state index contributed by atoms with van der Waals surface area (Å²) in [5.41, 5.74) is 2.42. The van der Waals surface area contributed by atoms with E-state index in [0.717, 1.165) is 64.2 Å². The van der Waals surface area contributed by atoms with Crippen molar-refractivity contribution >= 4 is 5.91 Å². The topological polar surface area (TPSA) is 79.6 Å². The Morgan fingerprint density at radius 1 is 1.22 bits per heavy atom. The highest BCUT2D eigenvalue weighted by atomic mass is 16.5. The first-order valence-electron chi connectivity index (χ1n) is 11.9. The summed E-state index contributed by atoms with van der Waals surface area (Å²) in [4.78, 5) is 15.4. The van der Waals surface area contributed by atoms with E-state index in [4.69, 9.17) is 4.74 Å². The third-order valence-corrected chi connectivity index (χ3v) is 7.28. The lowest BCUT2D eigenvalue weighted by atomic mass is 9.74. The standard InChI is InChI=1S/C25H36N4O3/c1-3-29-17-21(19(2)27-29)24(31)26-18-25(20-7-5-4-6-8-20)11-9-22(23(30)10-12-25)28-13-15-32-16-14-28/h4-8,17,22-23,30H,3,9-16,18H2,1-2H3,(H,26,31)/t22-,23-,25-/m1/s1. The third kappa shape index (κ3) is 4.90. The second-order valence-electron chi connectivity index (χ2n) is 9.17. The van der Waals surface area contributed by atoms with Crippen molar-refractivity contribution in [3.63, 3.8) is 0 Å². The van der Waals surface area contributed by atoms with Crippen molar-refractivity contribution < 1.29 is 14.6 Å². The van der Waals surface area contributed by atoms with Crippen molar-refractivity contribution in [2.24, 2.45) is 0 Å². The van der Waals surface area contributed by atoms with Crippen LogP contribution in [0.25, 0.3) is 0 Å². The van der Waals surface area contributed by atoms with Gasteiger partial charge in [0.2, 0.25) is 0 Å². The van der Waals surface area contributed by atoms with Crippen molar-refractivity contribution in [3.8, 4) is 0 Å². The number of hydrogen-bond acceptors (Lipinski definition) is 5. The van der Waals surface area contributed by atoms with Gasteiger partial charge in [0.25, 0.3) is 5.91 Å². The molecule has 1 amide bonds. The number of nitrogens with one attached hydrogen (secondary N) is 1. The van der Waals surface area contributed by atoms with Crippen LogP contribution in [0.3, 0.4) is 0 Å². The van der Waals surface area contributed by atoms with Crippen LogP contribution in [0.2, 0.25) is 0 Å². The van der Waals surface area contributed by atoms with E-state index in [1.807, 2.05) is 26.1 Å². The monoisotopic (exact) mass is 440 g/mol. The predicted octanol–water partition coefficient (Wildman–Crippen LogP) is 2.51. The summed E-state index contributed by atoms with van der Waals surface area (Å²) in [5.74, 6) is -0.0768. The van der Waals surface area contributed by atoms with Crippen molar-refractivity contribution in [3.05, 3.63) is 53.3 Å². The van der Waals surface area contributed by atoms with Gasteiger partial charge in [-0.15, -0.1) is 0 Å². The van der Waals surface area contributed by atoms with Crippen LogP contribution in [0.4, 0.5) is 0 Å². The molecule has 7 heteroatoms. The molecule has 2 heterocycles. The first kappa shape index (κ1) is 23.0. The number of aryl methyl sites for hydroxylation is 2.